The number of hydrogen-bond donors (Lipinski definition) is 1. The van der Waals surface area contributed by atoms with E-state index in [9.17, 15) is 0 Å². The van der Waals surface area contributed by atoms with Crippen LogP contribution >= 0.6 is 0 Å². The van der Waals surface area contributed by atoms with E-state index >= 15 is 0 Å². The van der Waals surface area contributed by atoms with Gasteiger partial charge in [-0.25, -0.2) is 0 Å². The second kappa shape index (κ2) is 7.20. The minimum Gasteiger partial charge on any atom is -0.314 e. The molecule has 1 rings (SSSR count). The maximum absolute atomic E-state index is 3.35. The smallest absolute Gasteiger partial charge is 0.0345 e. The molecule has 1 fully saturated rings. The van der Waals surface area contributed by atoms with E-state index in [-0.39, 0.29) is 0 Å². The van der Waals surface area contributed by atoms with E-state index in [2.05, 4.69) is 35.9 Å². The molecule has 0 spiro atoms. The molecule has 0 bridgehead atoms. The zero-order valence-corrected chi connectivity index (χ0v) is 10.6. The fourth-order valence-corrected chi connectivity index (χ4v) is 2.17. The maximum atomic E-state index is 3.35. The van der Waals surface area contributed by atoms with Crippen LogP contribution in [0.25, 0.3) is 0 Å². The largest absolute Gasteiger partial charge is 0.314 e. The van der Waals surface area contributed by atoms with Crippen LogP contribution < -0.4 is 5.32 Å². The number of hydrogen-bond acceptors (Lipinski definition) is 3. The summed E-state index contributed by atoms with van der Waals surface area (Å²) in [6, 6.07) is 0.812. The monoisotopic (exact) mass is 213 g/mol. The minimum absolute atomic E-state index is 0.812. The zero-order chi connectivity index (χ0) is 11.1. The number of nitrogens with zero attached hydrogens (tertiary/aromatic N) is 2. The average molecular weight is 213 g/mol. The molecule has 0 saturated carbocycles. The lowest BCUT2D eigenvalue weighted by molar-refractivity contribution is 0.144. The number of rotatable bonds is 8. The fraction of sp³-hybridized carbons (Fsp3) is 1.00. The highest BCUT2D eigenvalue weighted by Crippen LogP contribution is 2.05. The van der Waals surface area contributed by atoms with Gasteiger partial charge in [-0.05, 0) is 39.1 Å². The Labute approximate surface area is 94.8 Å². The highest BCUT2D eigenvalue weighted by Gasteiger charge is 2.22. The molecular weight excluding hydrogens is 186 g/mol. The Bertz CT molecular complexity index is 153. The molecule has 1 heterocycles. The predicted octanol–water partition coefficient (Wildman–Crippen LogP) is 1.01. The quantitative estimate of drug-likeness (QED) is 0.649. The normalized spacial score (nSPS) is 17.4. The molecule has 1 saturated heterocycles. The van der Waals surface area contributed by atoms with Crippen LogP contribution in [-0.2, 0) is 0 Å². The number of likely N-dealkylation sites (N-methyl/N-ethyl adjacent to an activating group) is 1. The second-order valence-corrected chi connectivity index (χ2v) is 4.32. The fourth-order valence-electron chi connectivity index (χ4n) is 2.17. The van der Waals surface area contributed by atoms with E-state index in [1.165, 1.54) is 52.2 Å². The highest BCUT2D eigenvalue weighted by molar-refractivity contribution is 4.83. The Morgan fingerprint density at radius 3 is 2.07 bits per heavy atom. The molecule has 1 N–H and O–H groups in total. The van der Waals surface area contributed by atoms with Crippen molar-refractivity contribution < 1.29 is 0 Å². The molecule has 0 aromatic carbocycles. The lowest BCUT2D eigenvalue weighted by Gasteiger charge is -2.38. The number of nitrogens with one attached hydrogen (secondary N) is 1. The van der Waals surface area contributed by atoms with E-state index < -0.39 is 0 Å². The Morgan fingerprint density at radius 1 is 1.00 bits per heavy atom. The molecule has 0 radical (unpaired) electrons. The average Bonchev–Trinajstić information content (AvgIpc) is 2.20. The lowest BCUT2D eigenvalue weighted by atomic mass is 10.1. The van der Waals surface area contributed by atoms with Gasteiger partial charge in [0.05, 0.1) is 0 Å². The molecule has 1 aliphatic rings. The molecule has 0 unspecified atom stereocenters. The van der Waals surface area contributed by atoms with E-state index in [0.29, 0.717) is 0 Å². The van der Waals surface area contributed by atoms with Crippen molar-refractivity contribution in [3.05, 3.63) is 0 Å². The van der Waals surface area contributed by atoms with Gasteiger partial charge < -0.3 is 10.2 Å². The second-order valence-electron chi connectivity index (χ2n) is 4.32. The van der Waals surface area contributed by atoms with Crippen molar-refractivity contribution in [2.75, 3.05) is 45.8 Å². The van der Waals surface area contributed by atoms with Crippen LogP contribution in [-0.4, -0.2) is 61.7 Å². The molecule has 0 aromatic heterocycles. The first kappa shape index (κ1) is 12.9. The molecule has 3 heteroatoms. The molecule has 90 valence electrons. The zero-order valence-electron chi connectivity index (χ0n) is 10.6. The van der Waals surface area contributed by atoms with Gasteiger partial charge in [-0.1, -0.05) is 20.8 Å². The first-order valence-electron chi connectivity index (χ1n) is 6.48. The minimum atomic E-state index is 0.812. The van der Waals surface area contributed by atoms with Crippen LogP contribution in [0.3, 0.4) is 0 Å². The summed E-state index contributed by atoms with van der Waals surface area (Å²) >= 11 is 0. The third-order valence-corrected chi connectivity index (χ3v) is 3.50. The van der Waals surface area contributed by atoms with Gasteiger partial charge in [0, 0.05) is 19.1 Å². The molecule has 0 aliphatic carbocycles. The van der Waals surface area contributed by atoms with Gasteiger partial charge in [0.25, 0.3) is 0 Å². The van der Waals surface area contributed by atoms with Crippen molar-refractivity contribution in [1.82, 2.24) is 15.1 Å². The summed E-state index contributed by atoms with van der Waals surface area (Å²) < 4.78 is 0. The molecule has 0 atom stereocenters. The van der Waals surface area contributed by atoms with Crippen LogP contribution in [0.1, 0.15) is 27.2 Å². The third-order valence-electron chi connectivity index (χ3n) is 3.50. The molecule has 3 nitrogen and oxygen atoms in total. The molecule has 0 amide bonds. The summed E-state index contributed by atoms with van der Waals surface area (Å²) in [6.07, 6.45) is 1.31. The molecule has 15 heavy (non-hydrogen) atoms. The standard InChI is InChI=1S/C12H27N3/c1-4-14(5-2)8-7-9-15(6-3)12-10-13-11-12/h12-13H,4-11H2,1-3H3. The highest BCUT2D eigenvalue weighted by atomic mass is 15.2. The van der Waals surface area contributed by atoms with Crippen molar-refractivity contribution in [1.29, 1.82) is 0 Å². The Kier molecular flexibility index (Phi) is 6.22. The van der Waals surface area contributed by atoms with E-state index in [1.807, 2.05) is 0 Å². The summed E-state index contributed by atoms with van der Waals surface area (Å²) in [6.45, 7) is 15.2. The van der Waals surface area contributed by atoms with Crippen molar-refractivity contribution >= 4 is 0 Å². The van der Waals surface area contributed by atoms with E-state index in [0.717, 1.165) is 6.04 Å². The van der Waals surface area contributed by atoms with Crippen molar-refractivity contribution in [3.8, 4) is 0 Å². The summed E-state index contributed by atoms with van der Waals surface area (Å²) in [5.41, 5.74) is 0. The van der Waals surface area contributed by atoms with Crippen LogP contribution in [0, 0.1) is 0 Å². The first-order valence-corrected chi connectivity index (χ1v) is 6.48. The van der Waals surface area contributed by atoms with Crippen molar-refractivity contribution in [3.63, 3.8) is 0 Å². The predicted molar refractivity (Wildman–Crippen MR) is 66.3 cm³/mol. The van der Waals surface area contributed by atoms with Gasteiger partial charge in [-0.2, -0.15) is 0 Å². The lowest BCUT2D eigenvalue weighted by Crippen LogP contribution is -2.57. The van der Waals surface area contributed by atoms with Crippen molar-refractivity contribution in [2.45, 2.75) is 33.2 Å². The first-order chi connectivity index (χ1) is 7.31. The maximum Gasteiger partial charge on any atom is 0.0345 e. The SMILES string of the molecule is CCN(CC)CCCN(CC)C1CNC1. The summed E-state index contributed by atoms with van der Waals surface area (Å²) in [4.78, 5) is 5.12. The van der Waals surface area contributed by atoms with Crippen LogP contribution in [0.5, 0.6) is 0 Å². The van der Waals surface area contributed by atoms with E-state index in [4.69, 9.17) is 0 Å². The summed E-state index contributed by atoms with van der Waals surface area (Å²) in [5, 5.41) is 3.35. The Morgan fingerprint density at radius 2 is 1.67 bits per heavy atom. The Balaban J connectivity index is 2.10. The van der Waals surface area contributed by atoms with Gasteiger partial charge in [0.1, 0.15) is 0 Å². The van der Waals surface area contributed by atoms with Gasteiger partial charge in [0.15, 0.2) is 0 Å². The summed E-state index contributed by atoms with van der Waals surface area (Å²) in [5.74, 6) is 0. The third kappa shape index (κ3) is 4.09. The van der Waals surface area contributed by atoms with E-state index in [1.54, 1.807) is 0 Å². The van der Waals surface area contributed by atoms with Crippen LogP contribution in [0.4, 0.5) is 0 Å². The van der Waals surface area contributed by atoms with Gasteiger partial charge >= 0.3 is 0 Å². The molecular formula is C12H27N3. The molecule has 0 aromatic rings. The van der Waals surface area contributed by atoms with Crippen molar-refractivity contribution in [2.24, 2.45) is 0 Å². The van der Waals surface area contributed by atoms with Crippen LogP contribution in [0.15, 0.2) is 0 Å². The summed E-state index contributed by atoms with van der Waals surface area (Å²) in [7, 11) is 0. The van der Waals surface area contributed by atoms with Crippen LogP contribution in [0.2, 0.25) is 0 Å². The van der Waals surface area contributed by atoms with Gasteiger partial charge in [-0.15, -0.1) is 0 Å². The molecule has 1 aliphatic heterocycles. The van der Waals surface area contributed by atoms with Gasteiger partial charge in [0.2, 0.25) is 0 Å². The topological polar surface area (TPSA) is 18.5 Å². The Hall–Kier alpha value is -0.120. The van der Waals surface area contributed by atoms with Gasteiger partial charge in [-0.3, -0.25) is 4.90 Å².